The summed E-state index contributed by atoms with van der Waals surface area (Å²) in [5.41, 5.74) is 6.20. The average Bonchev–Trinajstić information content (AvgIpc) is 2.90. The van der Waals surface area contributed by atoms with Crippen molar-refractivity contribution in [3.05, 3.63) is 58.0 Å². The molecule has 1 heterocycles. The lowest BCUT2D eigenvalue weighted by Gasteiger charge is -2.30. The average molecular weight is 265 g/mol. The van der Waals surface area contributed by atoms with E-state index in [4.69, 9.17) is 5.73 Å². The maximum Gasteiger partial charge on any atom is 0.123 e. The summed E-state index contributed by atoms with van der Waals surface area (Å²) in [6, 6.07) is 10.2. The lowest BCUT2D eigenvalue weighted by molar-refractivity contribution is 0.196. The van der Waals surface area contributed by atoms with Crippen molar-refractivity contribution >= 4 is 11.3 Å². The third-order valence-corrected chi connectivity index (χ3v) is 4.12. The highest BCUT2D eigenvalue weighted by Gasteiger charge is 2.30. The number of halogens is 1. The molecule has 0 radical (unpaired) electrons. The molecule has 0 fully saturated rings. The Balaban J connectivity index is 2.33. The summed E-state index contributed by atoms with van der Waals surface area (Å²) in [5.74, 6) is -0.279. The van der Waals surface area contributed by atoms with Crippen LogP contribution in [0.3, 0.4) is 0 Å². The number of nitrogens with two attached hydrogens (primary N) is 1. The minimum Gasteiger partial charge on any atom is -0.395 e. The van der Waals surface area contributed by atoms with E-state index in [-0.39, 0.29) is 12.4 Å². The van der Waals surface area contributed by atoms with Crippen molar-refractivity contribution < 1.29 is 9.50 Å². The van der Waals surface area contributed by atoms with Crippen molar-refractivity contribution in [2.24, 2.45) is 5.73 Å². The van der Waals surface area contributed by atoms with Gasteiger partial charge in [0, 0.05) is 16.8 Å². The normalized spacial score (nSPS) is 14.4. The maximum atomic E-state index is 13.0. The molecule has 0 spiro atoms. The van der Waals surface area contributed by atoms with Crippen molar-refractivity contribution in [3.8, 4) is 0 Å². The minimum atomic E-state index is -0.529. The Bertz CT molecular complexity index is 477. The number of thiophene rings is 1. The van der Waals surface area contributed by atoms with Crippen LogP contribution < -0.4 is 5.73 Å². The Morgan fingerprint density at radius 3 is 2.44 bits per heavy atom. The van der Waals surface area contributed by atoms with Gasteiger partial charge in [-0.2, -0.15) is 0 Å². The van der Waals surface area contributed by atoms with Gasteiger partial charge in [0.15, 0.2) is 0 Å². The van der Waals surface area contributed by atoms with Crippen molar-refractivity contribution in [2.75, 3.05) is 13.2 Å². The number of hydrogen-bond donors (Lipinski definition) is 2. The predicted octanol–water partition coefficient (Wildman–Crippen LogP) is 2.32. The molecule has 1 unspecified atom stereocenters. The van der Waals surface area contributed by atoms with Crippen LogP contribution in [0.25, 0.3) is 0 Å². The van der Waals surface area contributed by atoms with Gasteiger partial charge in [-0.1, -0.05) is 18.2 Å². The first-order valence-electron chi connectivity index (χ1n) is 5.79. The van der Waals surface area contributed by atoms with Crippen molar-refractivity contribution in [1.82, 2.24) is 0 Å². The molecule has 0 bridgehead atoms. The van der Waals surface area contributed by atoms with E-state index < -0.39 is 5.41 Å². The molecule has 0 amide bonds. The summed E-state index contributed by atoms with van der Waals surface area (Å²) < 4.78 is 13.0. The monoisotopic (exact) mass is 265 g/mol. The van der Waals surface area contributed by atoms with Crippen LogP contribution in [0.15, 0.2) is 41.8 Å². The fourth-order valence-corrected chi connectivity index (χ4v) is 2.90. The first kappa shape index (κ1) is 13.2. The fourth-order valence-electron chi connectivity index (χ4n) is 2.05. The summed E-state index contributed by atoms with van der Waals surface area (Å²) in [5, 5.41) is 11.7. The zero-order valence-corrected chi connectivity index (χ0v) is 10.8. The van der Waals surface area contributed by atoms with Gasteiger partial charge in [0.1, 0.15) is 5.82 Å². The van der Waals surface area contributed by atoms with Crippen LogP contribution in [0.1, 0.15) is 10.4 Å². The summed E-state index contributed by atoms with van der Waals surface area (Å²) in [7, 11) is 0. The number of benzene rings is 1. The van der Waals surface area contributed by atoms with Gasteiger partial charge < -0.3 is 10.8 Å². The van der Waals surface area contributed by atoms with Crippen LogP contribution in [0.2, 0.25) is 0 Å². The van der Waals surface area contributed by atoms with Crippen LogP contribution in [0.5, 0.6) is 0 Å². The topological polar surface area (TPSA) is 46.2 Å². The zero-order chi connectivity index (χ0) is 13.0. The summed E-state index contributed by atoms with van der Waals surface area (Å²) >= 11 is 1.64. The third-order valence-electron chi connectivity index (χ3n) is 3.24. The van der Waals surface area contributed by atoms with Gasteiger partial charge in [-0.05, 0) is 35.6 Å². The van der Waals surface area contributed by atoms with E-state index in [9.17, 15) is 9.50 Å². The van der Waals surface area contributed by atoms with Crippen LogP contribution in [-0.4, -0.2) is 18.3 Å². The molecule has 96 valence electrons. The highest BCUT2D eigenvalue weighted by Crippen LogP contribution is 2.29. The first-order valence-corrected chi connectivity index (χ1v) is 6.67. The van der Waals surface area contributed by atoms with Gasteiger partial charge in [-0.25, -0.2) is 4.39 Å². The summed E-state index contributed by atoms with van der Waals surface area (Å²) in [6.45, 7) is 0.278. The number of rotatable bonds is 5. The molecule has 2 rings (SSSR count). The van der Waals surface area contributed by atoms with Crippen molar-refractivity contribution in [2.45, 2.75) is 11.8 Å². The molecular weight excluding hydrogens is 249 g/mol. The SMILES string of the molecule is NCC(CO)(Cc1cccs1)c1ccc(F)cc1. The highest BCUT2D eigenvalue weighted by molar-refractivity contribution is 7.09. The molecule has 1 aromatic heterocycles. The Kier molecular flexibility index (Phi) is 4.11. The van der Waals surface area contributed by atoms with E-state index in [0.29, 0.717) is 13.0 Å². The van der Waals surface area contributed by atoms with E-state index >= 15 is 0 Å². The largest absolute Gasteiger partial charge is 0.395 e. The van der Waals surface area contributed by atoms with Crippen molar-refractivity contribution in [1.29, 1.82) is 0 Å². The standard InChI is InChI=1S/C14H16FNOS/c15-12-5-3-11(4-6-12)14(9-16,10-17)8-13-2-1-7-18-13/h1-7,17H,8-10,16H2. The van der Waals surface area contributed by atoms with Crippen LogP contribution in [0, 0.1) is 5.82 Å². The lowest BCUT2D eigenvalue weighted by Crippen LogP contribution is -2.40. The van der Waals surface area contributed by atoms with Crippen LogP contribution >= 0.6 is 11.3 Å². The molecule has 1 aromatic carbocycles. The van der Waals surface area contributed by atoms with Crippen LogP contribution in [-0.2, 0) is 11.8 Å². The maximum absolute atomic E-state index is 13.0. The molecule has 0 aliphatic heterocycles. The molecule has 1 atom stereocenters. The molecule has 2 aromatic rings. The molecule has 18 heavy (non-hydrogen) atoms. The summed E-state index contributed by atoms with van der Waals surface area (Å²) in [4.78, 5) is 1.17. The van der Waals surface area contributed by atoms with E-state index in [1.165, 1.54) is 17.0 Å². The van der Waals surface area contributed by atoms with Gasteiger partial charge >= 0.3 is 0 Å². The molecule has 4 heteroatoms. The predicted molar refractivity (Wildman–Crippen MR) is 72.2 cm³/mol. The zero-order valence-electron chi connectivity index (χ0n) is 9.97. The van der Waals surface area contributed by atoms with E-state index in [1.54, 1.807) is 23.5 Å². The van der Waals surface area contributed by atoms with Gasteiger partial charge in [-0.3, -0.25) is 0 Å². The highest BCUT2D eigenvalue weighted by atomic mass is 32.1. The number of hydrogen-bond acceptors (Lipinski definition) is 3. The van der Waals surface area contributed by atoms with Crippen molar-refractivity contribution in [3.63, 3.8) is 0 Å². The quantitative estimate of drug-likeness (QED) is 0.871. The van der Waals surface area contributed by atoms with Gasteiger partial charge in [-0.15, -0.1) is 11.3 Å². The third kappa shape index (κ3) is 2.61. The Morgan fingerprint density at radius 1 is 1.22 bits per heavy atom. The lowest BCUT2D eigenvalue weighted by atomic mass is 9.78. The Labute approximate surface area is 110 Å². The van der Waals surface area contributed by atoms with Gasteiger partial charge in [0.25, 0.3) is 0 Å². The molecule has 3 N–H and O–H groups in total. The second-order valence-corrected chi connectivity index (χ2v) is 5.44. The number of aliphatic hydroxyl groups excluding tert-OH is 1. The molecular formula is C14H16FNOS. The van der Waals surface area contributed by atoms with Gasteiger partial charge in [0.05, 0.1) is 6.61 Å². The molecule has 0 saturated heterocycles. The minimum absolute atomic E-state index is 0.0486. The van der Waals surface area contributed by atoms with Gasteiger partial charge in [0.2, 0.25) is 0 Å². The van der Waals surface area contributed by atoms with Crippen LogP contribution in [0.4, 0.5) is 4.39 Å². The number of aliphatic hydroxyl groups is 1. The molecule has 0 aliphatic carbocycles. The van der Waals surface area contributed by atoms with E-state index in [2.05, 4.69) is 0 Å². The Hall–Kier alpha value is -1.23. The Morgan fingerprint density at radius 2 is 1.94 bits per heavy atom. The summed E-state index contributed by atoms with van der Waals surface area (Å²) in [6.07, 6.45) is 0.670. The van der Waals surface area contributed by atoms with E-state index in [1.807, 2.05) is 17.5 Å². The molecule has 2 nitrogen and oxygen atoms in total. The second kappa shape index (κ2) is 5.61. The fraction of sp³-hybridized carbons (Fsp3) is 0.286. The first-order chi connectivity index (χ1) is 8.70. The van der Waals surface area contributed by atoms with E-state index in [0.717, 1.165) is 5.56 Å². The smallest absolute Gasteiger partial charge is 0.123 e. The second-order valence-electron chi connectivity index (χ2n) is 4.41. The molecule has 0 aliphatic rings. The molecule has 0 saturated carbocycles.